The minimum Gasteiger partial charge on any atom is -0.484 e. The van der Waals surface area contributed by atoms with Crippen molar-refractivity contribution >= 4 is 11.9 Å². The molecule has 6 nitrogen and oxygen atoms in total. The molecule has 0 bridgehead atoms. The molecule has 0 aliphatic rings. The van der Waals surface area contributed by atoms with Gasteiger partial charge in [-0.2, -0.15) is 13.2 Å². The molecule has 0 unspecified atom stereocenters. The van der Waals surface area contributed by atoms with Crippen LogP contribution in [0.25, 0.3) is 0 Å². The lowest BCUT2D eigenvalue weighted by Gasteiger charge is -2.14. The van der Waals surface area contributed by atoms with E-state index in [0.29, 0.717) is 16.7 Å². The molecule has 0 atom stereocenters. The van der Waals surface area contributed by atoms with Gasteiger partial charge >= 0.3 is 12.1 Å². The van der Waals surface area contributed by atoms with Crippen LogP contribution >= 0.6 is 0 Å². The molecule has 2 N–H and O–H groups in total. The predicted molar refractivity (Wildman–Crippen MR) is 88.7 cm³/mol. The van der Waals surface area contributed by atoms with E-state index in [2.05, 4.69) is 5.32 Å². The van der Waals surface area contributed by atoms with Gasteiger partial charge in [-0.25, -0.2) is 0 Å². The molecule has 0 fully saturated rings. The number of furan rings is 1. The van der Waals surface area contributed by atoms with Crippen LogP contribution in [0.4, 0.5) is 13.2 Å². The summed E-state index contributed by atoms with van der Waals surface area (Å²) in [6, 6.07) is 4.69. The first-order valence-corrected chi connectivity index (χ1v) is 7.93. The highest BCUT2D eigenvalue weighted by Crippen LogP contribution is 2.24. The van der Waals surface area contributed by atoms with Crippen LogP contribution in [0.1, 0.15) is 32.8 Å². The summed E-state index contributed by atoms with van der Waals surface area (Å²) in [5, 5.41) is 11.4. The zero-order chi connectivity index (χ0) is 20.2. The number of aliphatic carboxylic acids is 1. The van der Waals surface area contributed by atoms with E-state index < -0.39 is 31.1 Å². The normalized spacial score (nSPS) is 11.3. The Morgan fingerprint density at radius 1 is 1.26 bits per heavy atom. The van der Waals surface area contributed by atoms with Crippen LogP contribution in [-0.2, 0) is 17.8 Å². The highest BCUT2D eigenvalue weighted by atomic mass is 19.4. The maximum atomic E-state index is 12.4. The predicted octanol–water partition coefficient (Wildman–Crippen LogP) is 3.39. The number of halogens is 3. The second-order valence-electron chi connectivity index (χ2n) is 5.99. The molecule has 1 aromatic heterocycles. The van der Waals surface area contributed by atoms with Gasteiger partial charge in [-0.3, -0.25) is 9.59 Å². The van der Waals surface area contributed by atoms with E-state index in [9.17, 15) is 22.8 Å². The zero-order valence-electron chi connectivity index (χ0n) is 14.6. The SMILES string of the molecule is Cc1ccc(CNC(=O)c2c(C)coc2CC(=O)O)c(OCC(F)(F)F)c1. The van der Waals surface area contributed by atoms with Gasteiger partial charge in [0, 0.05) is 17.7 Å². The molecule has 0 aliphatic heterocycles. The van der Waals surface area contributed by atoms with Crippen LogP contribution in [0.2, 0.25) is 0 Å². The smallest absolute Gasteiger partial charge is 0.422 e. The number of ether oxygens (including phenoxy) is 1. The number of benzene rings is 1. The number of hydrogen-bond acceptors (Lipinski definition) is 4. The molecule has 2 aromatic rings. The van der Waals surface area contributed by atoms with Crippen LogP contribution in [0.5, 0.6) is 5.75 Å². The third-order valence-electron chi connectivity index (χ3n) is 3.64. The number of aryl methyl sites for hydroxylation is 2. The minimum absolute atomic E-state index is 0.00921. The molecule has 9 heteroatoms. The molecule has 0 radical (unpaired) electrons. The topological polar surface area (TPSA) is 88.8 Å². The Morgan fingerprint density at radius 3 is 2.59 bits per heavy atom. The quantitative estimate of drug-likeness (QED) is 0.763. The Labute approximate surface area is 152 Å². The molecule has 0 saturated carbocycles. The Kier molecular flexibility index (Phi) is 6.14. The third kappa shape index (κ3) is 5.77. The molecular weight excluding hydrogens is 367 g/mol. The maximum absolute atomic E-state index is 12.4. The molecule has 0 spiro atoms. The number of carboxylic acids is 1. The van der Waals surface area contributed by atoms with Gasteiger partial charge in [0.1, 0.15) is 17.9 Å². The summed E-state index contributed by atoms with van der Waals surface area (Å²) in [5.74, 6) is -1.71. The first kappa shape index (κ1) is 20.3. The summed E-state index contributed by atoms with van der Waals surface area (Å²) in [6.07, 6.45) is -3.66. The van der Waals surface area contributed by atoms with Crippen LogP contribution in [0, 0.1) is 13.8 Å². The van der Waals surface area contributed by atoms with E-state index >= 15 is 0 Å². The van der Waals surface area contributed by atoms with Crippen LogP contribution in [0.3, 0.4) is 0 Å². The Morgan fingerprint density at radius 2 is 1.96 bits per heavy atom. The highest BCUT2D eigenvalue weighted by Gasteiger charge is 2.29. The van der Waals surface area contributed by atoms with E-state index in [-0.39, 0.29) is 23.6 Å². The number of carboxylic acid groups (broad SMARTS) is 1. The fourth-order valence-electron chi connectivity index (χ4n) is 2.44. The Hall–Kier alpha value is -2.97. The largest absolute Gasteiger partial charge is 0.484 e. The standard InChI is InChI=1S/C18H18F3NO5/c1-10-3-4-12(13(5-10)27-9-18(19,20)21)7-22-17(25)16-11(2)8-26-14(16)6-15(23)24/h3-5,8H,6-7,9H2,1-2H3,(H,22,25)(H,23,24). The summed E-state index contributed by atoms with van der Waals surface area (Å²) in [4.78, 5) is 23.3. The average molecular weight is 385 g/mol. The number of nitrogens with one attached hydrogen (secondary N) is 1. The van der Waals surface area contributed by atoms with Crippen molar-refractivity contribution in [3.05, 3.63) is 52.5 Å². The maximum Gasteiger partial charge on any atom is 0.422 e. The lowest BCUT2D eigenvalue weighted by atomic mass is 10.1. The molecule has 2 rings (SSSR count). The molecule has 1 amide bonds. The van der Waals surface area contributed by atoms with Crippen molar-refractivity contribution in [1.29, 1.82) is 0 Å². The second-order valence-corrected chi connectivity index (χ2v) is 5.99. The lowest BCUT2D eigenvalue weighted by Crippen LogP contribution is -2.25. The van der Waals surface area contributed by atoms with E-state index in [1.54, 1.807) is 26.0 Å². The summed E-state index contributed by atoms with van der Waals surface area (Å²) in [7, 11) is 0. The van der Waals surface area contributed by atoms with Crippen LogP contribution in [-0.4, -0.2) is 29.8 Å². The summed E-state index contributed by atoms with van der Waals surface area (Å²) in [5.41, 5.74) is 1.62. The molecule has 0 saturated heterocycles. The summed E-state index contributed by atoms with van der Waals surface area (Å²) >= 11 is 0. The van der Waals surface area contributed by atoms with Gasteiger partial charge in [0.15, 0.2) is 6.61 Å². The number of rotatable bonds is 7. The lowest BCUT2D eigenvalue weighted by molar-refractivity contribution is -0.153. The van der Waals surface area contributed by atoms with Gasteiger partial charge in [0.25, 0.3) is 5.91 Å². The van der Waals surface area contributed by atoms with Crippen molar-refractivity contribution in [2.75, 3.05) is 6.61 Å². The van der Waals surface area contributed by atoms with Crippen LogP contribution in [0.15, 0.2) is 28.9 Å². The number of carbonyl (C=O) groups is 2. The van der Waals surface area contributed by atoms with Crippen molar-refractivity contribution in [3.8, 4) is 5.75 Å². The monoisotopic (exact) mass is 385 g/mol. The van der Waals surface area contributed by atoms with Crippen molar-refractivity contribution in [3.63, 3.8) is 0 Å². The van der Waals surface area contributed by atoms with Gasteiger partial charge in [0.05, 0.1) is 11.8 Å². The zero-order valence-corrected chi connectivity index (χ0v) is 14.6. The van der Waals surface area contributed by atoms with Gasteiger partial charge in [-0.1, -0.05) is 12.1 Å². The highest BCUT2D eigenvalue weighted by molar-refractivity contribution is 5.97. The van der Waals surface area contributed by atoms with Gasteiger partial charge in [-0.15, -0.1) is 0 Å². The average Bonchev–Trinajstić information content (AvgIpc) is 2.90. The Bertz CT molecular complexity index is 842. The fraction of sp³-hybridized carbons (Fsp3) is 0.333. The second kappa shape index (κ2) is 8.15. The van der Waals surface area contributed by atoms with Crippen molar-refractivity contribution in [2.45, 2.75) is 33.0 Å². The third-order valence-corrected chi connectivity index (χ3v) is 3.64. The van der Waals surface area contributed by atoms with E-state index in [4.69, 9.17) is 14.3 Å². The molecule has 27 heavy (non-hydrogen) atoms. The summed E-state index contributed by atoms with van der Waals surface area (Å²) in [6.45, 7) is 1.76. The number of alkyl halides is 3. The van der Waals surface area contributed by atoms with E-state index in [1.165, 1.54) is 12.3 Å². The van der Waals surface area contributed by atoms with Crippen molar-refractivity contribution in [1.82, 2.24) is 5.32 Å². The minimum atomic E-state index is -4.48. The van der Waals surface area contributed by atoms with Crippen molar-refractivity contribution < 1.29 is 37.0 Å². The van der Waals surface area contributed by atoms with E-state index in [0.717, 1.165) is 0 Å². The number of hydrogen-bond donors (Lipinski definition) is 2. The van der Waals surface area contributed by atoms with Gasteiger partial charge in [0.2, 0.25) is 0 Å². The molecule has 1 aromatic carbocycles. The summed E-state index contributed by atoms with van der Waals surface area (Å²) < 4.78 is 47.2. The van der Waals surface area contributed by atoms with Gasteiger partial charge < -0.3 is 19.6 Å². The number of carbonyl (C=O) groups excluding carboxylic acids is 1. The van der Waals surface area contributed by atoms with Crippen molar-refractivity contribution in [2.24, 2.45) is 0 Å². The Balaban J connectivity index is 2.14. The number of amides is 1. The molecule has 0 aliphatic carbocycles. The first-order valence-electron chi connectivity index (χ1n) is 7.93. The molecular formula is C18H18F3NO5. The van der Waals surface area contributed by atoms with E-state index in [1.807, 2.05) is 0 Å². The molecule has 146 valence electrons. The van der Waals surface area contributed by atoms with Gasteiger partial charge in [-0.05, 0) is 25.5 Å². The first-order chi connectivity index (χ1) is 12.6. The van der Waals surface area contributed by atoms with Crippen LogP contribution < -0.4 is 10.1 Å². The fourth-order valence-corrected chi connectivity index (χ4v) is 2.44. The molecule has 1 heterocycles.